The number of hydrogen-bond donors (Lipinski definition) is 0. The Balaban J connectivity index is 1.92. The normalized spacial score (nSPS) is 16.6. The highest BCUT2D eigenvalue weighted by Crippen LogP contribution is 2.26. The van der Waals surface area contributed by atoms with Crippen LogP contribution in [0.25, 0.3) is 0 Å². The molecule has 1 aliphatic rings. The number of hydrogen-bond acceptors (Lipinski definition) is 2. The predicted molar refractivity (Wildman–Crippen MR) is 67.8 cm³/mol. The maximum atomic E-state index is 13.5. The van der Waals surface area contributed by atoms with E-state index in [0.717, 1.165) is 25.7 Å². The van der Waals surface area contributed by atoms with Crippen molar-refractivity contribution in [1.82, 2.24) is 0 Å². The summed E-state index contributed by atoms with van der Waals surface area (Å²) >= 11 is 5.87. The smallest absolute Gasteiger partial charge is 0.309 e. The fourth-order valence-electron chi connectivity index (χ4n) is 2.27. The number of rotatable bonds is 3. The number of carbonyl (C=O) groups is 1. The molecule has 2 rings (SSSR count). The molecule has 1 aromatic rings. The van der Waals surface area contributed by atoms with Gasteiger partial charge >= 0.3 is 5.97 Å². The highest BCUT2D eigenvalue weighted by Gasteiger charge is 2.23. The van der Waals surface area contributed by atoms with E-state index < -0.39 is 5.82 Å². The molecule has 0 radical (unpaired) electrons. The lowest BCUT2D eigenvalue weighted by atomic mass is 9.89. The van der Waals surface area contributed by atoms with E-state index in [4.69, 9.17) is 16.3 Å². The number of carbonyl (C=O) groups excluding carboxylic acids is 1. The zero-order chi connectivity index (χ0) is 13.0. The van der Waals surface area contributed by atoms with Gasteiger partial charge in [0.1, 0.15) is 12.4 Å². The molecule has 0 N–H and O–H groups in total. The van der Waals surface area contributed by atoms with E-state index in [2.05, 4.69) is 0 Å². The molecule has 0 spiro atoms. The summed E-state index contributed by atoms with van der Waals surface area (Å²) in [4.78, 5) is 11.8. The second-order valence-electron chi connectivity index (χ2n) is 4.64. The van der Waals surface area contributed by atoms with Gasteiger partial charge in [-0.05, 0) is 25.0 Å². The first-order chi connectivity index (χ1) is 8.68. The van der Waals surface area contributed by atoms with Crippen LogP contribution < -0.4 is 0 Å². The van der Waals surface area contributed by atoms with Crippen LogP contribution in [0.1, 0.15) is 37.7 Å². The monoisotopic (exact) mass is 270 g/mol. The Labute approximate surface area is 111 Å². The molecule has 0 amide bonds. The minimum absolute atomic E-state index is 0.0238. The summed E-state index contributed by atoms with van der Waals surface area (Å²) in [6.07, 6.45) is 5.08. The van der Waals surface area contributed by atoms with Crippen LogP contribution in [0, 0.1) is 11.7 Å². The Morgan fingerprint density at radius 1 is 1.33 bits per heavy atom. The maximum Gasteiger partial charge on any atom is 0.309 e. The van der Waals surface area contributed by atoms with Gasteiger partial charge in [0.25, 0.3) is 0 Å². The molecule has 1 saturated carbocycles. The third-order valence-corrected chi connectivity index (χ3v) is 3.71. The Hall–Kier alpha value is -1.09. The fraction of sp³-hybridized carbons (Fsp3) is 0.500. The lowest BCUT2D eigenvalue weighted by molar-refractivity contribution is -0.151. The van der Waals surface area contributed by atoms with Crippen molar-refractivity contribution in [2.45, 2.75) is 38.7 Å². The van der Waals surface area contributed by atoms with Crippen molar-refractivity contribution in [2.75, 3.05) is 0 Å². The number of esters is 1. The molecule has 4 heteroatoms. The van der Waals surface area contributed by atoms with Gasteiger partial charge in [-0.2, -0.15) is 0 Å². The third-order valence-electron chi connectivity index (χ3n) is 3.36. The van der Waals surface area contributed by atoms with Crippen molar-refractivity contribution in [3.05, 3.63) is 34.6 Å². The molecule has 0 aliphatic heterocycles. The minimum atomic E-state index is -0.432. The second kappa shape index (κ2) is 6.19. The molecule has 18 heavy (non-hydrogen) atoms. The fourth-order valence-corrected chi connectivity index (χ4v) is 2.49. The zero-order valence-electron chi connectivity index (χ0n) is 10.1. The van der Waals surface area contributed by atoms with Gasteiger partial charge in [-0.15, -0.1) is 0 Å². The highest BCUT2D eigenvalue weighted by molar-refractivity contribution is 6.31. The molecule has 0 heterocycles. The molecule has 1 aliphatic carbocycles. The van der Waals surface area contributed by atoms with Crippen molar-refractivity contribution in [2.24, 2.45) is 5.92 Å². The van der Waals surface area contributed by atoms with E-state index in [9.17, 15) is 9.18 Å². The van der Waals surface area contributed by atoms with Crippen LogP contribution in [0.3, 0.4) is 0 Å². The van der Waals surface area contributed by atoms with Crippen molar-refractivity contribution in [3.8, 4) is 0 Å². The summed E-state index contributed by atoms with van der Waals surface area (Å²) in [5.74, 6) is -0.683. The van der Waals surface area contributed by atoms with Gasteiger partial charge < -0.3 is 4.74 Å². The van der Waals surface area contributed by atoms with E-state index >= 15 is 0 Å². The lowest BCUT2D eigenvalue weighted by Crippen LogP contribution is -2.20. The van der Waals surface area contributed by atoms with Crippen LogP contribution in [0.5, 0.6) is 0 Å². The third kappa shape index (κ3) is 3.22. The average Bonchev–Trinajstić information content (AvgIpc) is 2.39. The Kier molecular flexibility index (Phi) is 4.59. The Morgan fingerprint density at radius 2 is 2.06 bits per heavy atom. The molecular weight excluding hydrogens is 255 g/mol. The number of ether oxygens (including phenoxy) is 1. The van der Waals surface area contributed by atoms with Gasteiger partial charge in [0.05, 0.1) is 10.9 Å². The number of benzene rings is 1. The van der Waals surface area contributed by atoms with Crippen LogP contribution in [-0.2, 0) is 16.1 Å². The first-order valence-electron chi connectivity index (χ1n) is 6.28. The predicted octanol–water partition coefficient (Wildman–Crippen LogP) is 4.10. The molecule has 0 bridgehead atoms. The molecule has 0 saturated heterocycles. The molecule has 2 nitrogen and oxygen atoms in total. The lowest BCUT2D eigenvalue weighted by Gasteiger charge is -2.20. The van der Waals surface area contributed by atoms with Crippen LogP contribution in [0.15, 0.2) is 18.2 Å². The SMILES string of the molecule is O=C(OCc1c(F)cccc1Cl)C1CCCCC1. The van der Waals surface area contributed by atoms with Gasteiger partial charge in [0.2, 0.25) is 0 Å². The maximum absolute atomic E-state index is 13.5. The van der Waals surface area contributed by atoms with E-state index in [1.807, 2.05) is 0 Å². The first-order valence-corrected chi connectivity index (χ1v) is 6.66. The molecule has 0 unspecified atom stereocenters. The minimum Gasteiger partial charge on any atom is -0.460 e. The standard InChI is InChI=1S/C14H16ClFO2/c15-12-7-4-8-13(16)11(12)9-18-14(17)10-5-2-1-3-6-10/h4,7-8,10H,1-3,5-6,9H2. The molecule has 1 aromatic carbocycles. The number of halogens is 2. The first kappa shape index (κ1) is 13.3. The van der Waals surface area contributed by atoms with Gasteiger partial charge in [-0.1, -0.05) is 36.9 Å². The van der Waals surface area contributed by atoms with Crippen molar-refractivity contribution >= 4 is 17.6 Å². The molecule has 1 fully saturated rings. The largest absolute Gasteiger partial charge is 0.460 e. The molecular formula is C14H16ClFO2. The van der Waals surface area contributed by atoms with E-state index in [1.165, 1.54) is 18.6 Å². The molecule has 0 atom stereocenters. The summed E-state index contributed by atoms with van der Waals surface area (Å²) in [6, 6.07) is 4.44. The molecule has 98 valence electrons. The topological polar surface area (TPSA) is 26.3 Å². The van der Waals surface area contributed by atoms with Gasteiger partial charge in [-0.3, -0.25) is 4.79 Å². The summed E-state index contributed by atoms with van der Waals surface area (Å²) in [5, 5.41) is 0.298. The quantitative estimate of drug-likeness (QED) is 0.773. The molecule has 0 aromatic heterocycles. The zero-order valence-corrected chi connectivity index (χ0v) is 10.9. The summed E-state index contributed by atoms with van der Waals surface area (Å²) in [7, 11) is 0. The summed E-state index contributed by atoms with van der Waals surface area (Å²) in [5.41, 5.74) is 0.253. The van der Waals surface area contributed by atoms with Gasteiger partial charge in [-0.25, -0.2) is 4.39 Å². The van der Waals surface area contributed by atoms with Crippen molar-refractivity contribution in [3.63, 3.8) is 0 Å². The van der Waals surface area contributed by atoms with E-state index in [1.54, 1.807) is 6.07 Å². The summed E-state index contributed by atoms with van der Waals surface area (Å²) in [6.45, 7) is -0.0825. The Bertz CT molecular complexity index is 408. The van der Waals surface area contributed by atoms with Crippen LogP contribution in [0.2, 0.25) is 5.02 Å². The van der Waals surface area contributed by atoms with Gasteiger partial charge in [0.15, 0.2) is 0 Å². The van der Waals surface area contributed by atoms with Crippen molar-refractivity contribution < 1.29 is 13.9 Å². The van der Waals surface area contributed by atoms with Crippen LogP contribution in [0.4, 0.5) is 4.39 Å². The average molecular weight is 271 g/mol. The van der Waals surface area contributed by atoms with Crippen molar-refractivity contribution in [1.29, 1.82) is 0 Å². The van der Waals surface area contributed by atoms with Gasteiger partial charge in [0, 0.05) is 5.56 Å². The Morgan fingerprint density at radius 3 is 2.72 bits per heavy atom. The summed E-state index contributed by atoms with van der Waals surface area (Å²) < 4.78 is 18.6. The highest BCUT2D eigenvalue weighted by atomic mass is 35.5. The van der Waals surface area contributed by atoms with Crippen LogP contribution in [-0.4, -0.2) is 5.97 Å². The van der Waals surface area contributed by atoms with E-state index in [0.29, 0.717) is 5.02 Å². The van der Waals surface area contributed by atoms with E-state index in [-0.39, 0.29) is 24.1 Å². The van der Waals surface area contributed by atoms with Crippen LogP contribution >= 0.6 is 11.6 Å². The second-order valence-corrected chi connectivity index (χ2v) is 5.05.